The lowest BCUT2D eigenvalue weighted by Gasteiger charge is -2.09. The minimum Gasteiger partial charge on any atom is -0.481 e. The number of hydrogen-bond acceptors (Lipinski definition) is 5. The zero-order valence-corrected chi connectivity index (χ0v) is 12.1. The van der Waals surface area contributed by atoms with E-state index in [9.17, 15) is 8.42 Å². The molecule has 0 saturated heterocycles. The fourth-order valence-corrected chi connectivity index (χ4v) is 2.81. The highest BCUT2D eigenvalue weighted by Gasteiger charge is 2.15. The Morgan fingerprint density at radius 2 is 2.10 bits per heavy atom. The van der Waals surface area contributed by atoms with Gasteiger partial charge in [-0.1, -0.05) is 17.7 Å². The number of aromatic nitrogens is 2. The van der Waals surface area contributed by atoms with E-state index >= 15 is 0 Å². The standard InChI is InChI=1S/C12H12ClN3O3S/c1-19-12-9(3-2-5-15-12)8-16-20(17,18)10-4-6-14-11(13)7-10/h2-7,16H,8H2,1H3. The van der Waals surface area contributed by atoms with E-state index in [4.69, 9.17) is 16.3 Å². The van der Waals surface area contributed by atoms with Gasteiger partial charge in [-0.3, -0.25) is 0 Å². The molecule has 0 saturated carbocycles. The van der Waals surface area contributed by atoms with Gasteiger partial charge in [0.2, 0.25) is 15.9 Å². The van der Waals surface area contributed by atoms with E-state index in [-0.39, 0.29) is 16.6 Å². The smallest absolute Gasteiger partial charge is 0.241 e. The third kappa shape index (κ3) is 3.44. The highest BCUT2D eigenvalue weighted by Crippen LogP contribution is 2.16. The number of halogens is 1. The molecule has 0 radical (unpaired) electrons. The van der Waals surface area contributed by atoms with Crippen molar-refractivity contribution in [2.24, 2.45) is 0 Å². The normalized spacial score (nSPS) is 11.3. The van der Waals surface area contributed by atoms with Crippen LogP contribution in [-0.4, -0.2) is 25.5 Å². The van der Waals surface area contributed by atoms with Crippen LogP contribution in [-0.2, 0) is 16.6 Å². The van der Waals surface area contributed by atoms with Gasteiger partial charge in [-0.2, -0.15) is 0 Å². The van der Waals surface area contributed by atoms with Gasteiger partial charge >= 0.3 is 0 Å². The fourth-order valence-electron chi connectivity index (χ4n) is 1.55. The van der Waals surface area contributed by atoms with Crippen LogP contribution in [0.1, 0.15) is 5.56 Å². The molecule has 0 atom stereocenters. The Labute approximate surface area is 121 Å². The first-order valence-corrected chi connectivity index (χ1v) is 7.48. The van der Waals surface area contributed by atoms with Crippen molar-refractivity contribution in [1.29, 1.82) is 0 Å². The molecular formula is C12H12ClN3O3S. The van der Waals surface area contributed by atoms with Crippen molar-refractivity contribution in [3.05, 3.63) is 47.4 Å². The molecule has 0 aliphatic heterocycles. The Balaban J connectivity index is 2.17. The summed E-state index contributed by atoms with van der Waals surface area (Å²) in [6.45, 7) is 0.0687. The third-order valence-electron chi connectivity index (χ3n) is 2.50. The van der Waals surface area contributed by atoms with Crippen LogP contribution in [0.3, 0.4) is 0 Å². The molecule has 0 unspecified atom stereocenters. The Hall–Kier alpha value is -1.70. The molecule has 6 nitrogen and oxygen atoms in total. The molecule has 0 aromatic carbocycles. The number of nitrogens with zero attached hydrogens (tertiary/aromatic N) is 2. The van der Waals surface area contributed by atoms with E-state index < -0.39 is 10.0 Å². The Morgan fingerprint density at radius 1 is 1.30 bits per heavy atom. The van der Waals surface area contributed by atoms with Gasteiger partial charge in [0.15, 0.2) is 0 Å². The SMILES string of the molecule is COc1ncccc1CNS(=O)(=O)c1ccnc(Cl)c1. The summed E-state index contributed by atoms with van der Waals surface area (Å²) in [5.41, 5.74) is 0.638. The second-order valence-corrected chi connectivity index (χ2v) is 5.96. The van der Waals surface area contributed by atoms with Crippen LogP contribution in [0.2, 0.25) is 5.15 Å². The fraction of sp³-hybridized carbons (Fsp3) is 0.167. The minimum atomic E-state index is -3.66. The zero-order valence-electron chi connectivity index (χ0n) is 10.6. The lowest BCUT2D eigenvalue weighted by molar-refractivity contribution is 0.392. The monoisotopic (exact) mass is 313 g/mol. The minimum absolute atomic E-state index is 0.0559. The average Bonchev–Trinajstić information content (AvgIpc) is 2.45. The first kappa shape index (κ1) is 14.7. The average molecular weight is 314 g/mol. The lowest BCUT2D eigenvalue weighted by atomic mass is 10.3. The number of hydrogen-bond donors (Lipinski definition) is 1. The van der Waals surface area contributed by atoms with Crippen molar-refractivity contribution >= 4 is 21.6 Å². The maximum Gasteiger partial charge on any atom is 0.241 e. The largest absolute Gasteiger partial charge is 0.481 e. The van der Waals surface area contributed by atoms with Gasteiger partial charge in [0.05, 0.1) is 12.0 Å². The molecule has 0 bridgehead atoms. The van der Waals surface area contributed by atoms with Gasteiger partial charge < -0.3 is 4.74 Å². The number of nitrogens with one attached hydrogen (secondary N) is 1. The van der Waals surface area contributed by atoms with Crippen LogP contribution in [0.15, 0.2) is 41.6 Å². The van der Waals surface area contributed by atoms with Crippen LogP contribution in [0.25, 0.3) is 0 Å². The molecule has 2 rings (SSSR count). The summed E-state index contributed by atoms with van der Waals surface area (Å²) in [4.78, 5) is 7.79. The van der Waals surface area contributed by atoms with E-state index in [1.54, 1.807) is 18.3 Å². The predicted molar refractivity (Wildman–Crippen MR) is 74.1 cm³/mol. The third-order valence-corrected chi connectivity index (χ3v) is 4.11. The highest BCUT2D eigenvalue weighted by molar-refractivity contribution is 7.89. The van der Waals surface area contributed by atoms with E-state index in [1.165, 1.54) is 25.4 Å². The molecule has 1 N–H and O–H groups in total. The number of pyridine rings is 2. The number of rotatable bonds is 5. The molecule has 20 heavy (non-hydrogen) atoms. The van der Waals surface area contributed by atoms with Gasteiger partial charge in [0.25, 0.3) is 0 Å². The topological polar surface area (TPSA) is 81.2 Å². The van der Waals surface area contributed by atoms with Gasteiger partial charge in [0, 0.05) is 24.5 Å². The van der Waals surface area contributed by atoms with Crippen molar-refractivity contribution in [2.45, 2.75) is 11.4 Å². The molecular weight excluding hydrogens is 302 g/mol. The van der Waals surface area contributed by atoms with Crippen LogP contribution < -0.4 is 9.46 Å². The summed E-state index contributed by atoms with van der Waals surface area (Å²) < 4.78 is 31.7. The summed E-state index contributed by atoms with van der Waals surface area (Å²) >= 11 is 5.68. The van der Waals surface area contributed by atoms with E-state index in [0.717, 1.165) is 0 Å². The molecule has 106 valence electrons. The first-order valence-electron chi connectivity index (χ1n) is 5.62. The molecule has 0 aliphatic carbocycles. The second-order valence-electron chi connectivity index (χ2n) is 3.81. The lowest BCUT2D eigenvalue weighted by Crippen LogP contribution is -2.23. The highest BCUT2D eigenvalue weighted by atomic mass is 35.5. The van der Waals surface area contributed by atoms with E-state index in [1.807, 2.05) is 0 Å². The Kier molecular flexibility index (Phi) is 4.53. The van der Waals surface area contributed by atoms with Gasteiger partial charge in [-0.05, 0) is 18.2 Å². The molecule has 0 aliphatic rings. The quantitative estimate of drug-likeness (QED) is 0.848. The van der Waals surface area contributed by atoms with Gasteiger partial charge in [-0.25, -0.2) is 23.1 Å². The molecule has 2 heterocycles. The number of methoxy groups -OCH3 is 1. The predicted octanol–water partition coefficient (Wildman–Crippen LogP) is 1.62. The van der Waals surface area contributed by atoms with Crippen LogP contribution >= 0.6 is 11.6 Å². The van der Waals surface area contributed by atoms with E-state index in [2.05, 4.69) is 14.7 Å². The molecule has 2 aromatic rings. The van der Waals surface area contributed by atoms with Gasteiger partial charge in [-0.15, -0.1) is 0 Å². The summed E-state index contributed by atoms with van der Waals surface area (Å²) in [7, 11) is -2.19. The van der Waals surface area contributed by atoms with Crippen molar-refractivity contribution < 1.29 is 13.2 Å². The summed E-state index contributed by atoms with van der Waals surface area (Å²) in [5, 5.41) is 0.117. The Bertz CT molecular complexity index is 707. The molecule has 0 fully saturated rings. The second kappa shape index (κ2) is 6.17. The van der Waals surface area contributed by atoms with Crippen LogP contribution in [0, 0.1) is 0 Å². The van der Waals surface area contributed by atoms with Crippen LogP contribution in [0.5, 0.6) is 5.88 Å². The van der Waals surface area contributed by atoms with Crippen molar-refractivity contribution in [1.82, 2.24) is 14.7 Å². The van der Waals surface area contributed by atoms with Crippen LogP contribution in [0.4, 0.5) is 0 Å². The summed E-state index contributed by atoms with van der Waals surface area (Å²) in [6, 6.07) is 6.09. The van der Waals surface area contributed by atoms with Gasteiger partial charge in [0.1, 0.15) is 5.15 Å². The number of ether oxygens (including phenoxy) is 1. The van der Waals surface area contributed by atoms with Crippen molar-refractivity contribution in [2.75, 3.05) is 7.11 Å². The first-order chi connectivity index (χ1) is 9.53. The molecule has 8 heteroatoms. The summed E-state index contributed by atoms with van der Waals surface area (Å²) in [6.07, 6.45) is 2.90. The molecule has 0 spiro atoms. The number of sulfonamides is 1. The maximum atomic E-state index is 12.1. The van der Waals surface area contributed by atoms with Crippen molar-refractivity contribution in [3.63, 3.8) is 0 Å². The zero-order chi connectivity index (χ0) is 14.6. The maximum absolute atomic E-state index is 12.1. The molecule has 0 amide bonds. The molecule has 2 aromatic heterocycles. The van der Waals surface area contributed by atoms with Crippen molar-refractivity contribution in [3.8, 4) is 5.88 Å². The Morgan fingerprint density at radius 3 is 2.80 bits per heavy atom. The summed E-state index contributed by atoms with van der Waals surface area (Å²) in [5.74, 6) is 0.378. The van der Waals surface area contributed by atoms with E-state index in [0.29, 0.717) is 11.4 Å².